The van der Waals surface area contributed by atoms with Gasteiger partial charge in [0.1, 0.15) is 23.8 Å². The average molecular weight is 683 g/mol. The highest BCUT2D eigenvalue weighted by molar-refractivity contribution is 7.99. The molecule has 0 atom stereocenters. The molecular formula is C34H24F2N6O6S. The van der Waals surface area contributed by atoms with E-state index in [4.69, 9.17) is 19.3 Å². The number of carboxylic acid groups (broad SMARTS) is 1. The quantitative estimate of drug-likeness (QED) is 0.157. The normalized spacial score (nSPS) is 12.3. The number of nitriles is 1. The van der Waals surface area contributed by atoms with Crippen molar-refractivity contribution in [3.63, 3.8) is 0 Å². The fourth-order valence-corrected chi connectivity index (χ4v) is 5.46. The first-order chi connectivity index (χ1) is 23.7. The number of amidine groups is 1. The first kappa shape index (κ1) is 32.7. The summed E-state index contributed by atoms with van der Waals surface area (Å²) < 4.78 is 48.6. The molecule has 0 amide bonds. The van der Waals surface area contributed by atoms with E-state index in [9.17, 15) is 14.9 Å². The third-order valence-corrected chi connectivity index (χ3v) is 7.99. The molecule has 0 unspecified atom stereocenters. The second kappa shape index (κ2) is 14.2. The van der Waals surface area contributed by atoms with Gasteiger partial charge in [-0.3, -0.25) is 9.79 Å². The number of nitrogens with zero attached hydrogens (tertiary/aromatic N) is 5. The van der Waals surface area contributed by atoms with E-state index in [1.54, 1.807) is 19.2 Å². The zero-order chi connectivity index (χ0) is 34.5. The molecule has 1 aliphatic rings. The Morgan fingerprint density at radius 3 is 2.55 bits per heavy atom. The molecule has 6 rings (SSSR count). The number of rotatable bonds is 11. The molecule has 0 aliphatic carbocycles. The second-order valence-electron chi connectivity index (χ2n) is 10.4. The SMILES string of the molecule is CN1CCN=C1c1cc(Sc2ncc(C(=O)O)c(=O)[nH]2)ccc1Oc1c(F)cnc(Oc2cc(C#N)ccc2OCc2ccccc2)c1F. The molecular weight excluding hydrogens is 658 g/mol. The number of likely N-dealkylation sites (N-methyl/N-ethyl adjacent to an activating group) is 1. The number of carboxylic acids is 1. The van der Waals surface area contributed by atoms with E-state index in [2.05, 4.69) is 19.9 Å². The Hall–Kier alpha value is -6.27. The van der Waals surface area contributed by atoms with Crippen molar-refractivity contribution >= 4 is 23.6 Å². The Bertz CT molecular complexity index is 2190. The topological polar surface area (TPSA) is 163 Å². The van der Waals surface area contributed by atoms with Crippen LogP contribution in [-0.4, -0.2) is 56.9 Å². The number of ether oxygens (including phenoxy) is 3. The van der Waals surface area contributed by atoms with Crippen LogP contribution in [0.2, 0.25) is 0 Å². The highest BCUT2D eigenvalue weighted by Crippen LogP contribution is 2.39. The minimum atomic E-state index is -1.41. The Morgan fingerprint density at radius 1 is 1.04 bits per heavy atom. The van der Waals surface area contributed by atoms with Gasteiger partial charge in [-0.25, -0.2) is 19.2 Å². The summed E-state index contributed by atoms with van der Waals surface area (Å²) in [5.41, 5.74) is 0.126. The molecule has 0 saturated carbocycles. The zero-order valence-electron chi connectivity index (χ0n) is 25.5. The number of aromatic carboxylic acids is 1. The van der Waals surface area contributed by atoms with E-state index in [0.717, 1.165) is 29.7 Å². The molecule has 3 aromatic carbocycles. The van der Waals surface area contributed by atoms with E-state index in [1.807, 2.05) is 41.3 Å². The molecule has 246 valence electrons. The number of nitrogens with one attached hydrogen (secondary N) is 1. The van der Waals surface area contributed by atoms with Crippen LogP contribution in [-0.2, 0) is 6.61 Å². The lowest BCUT2D eigenvalue weighted by molar-refractivity contribution is 0.0694. The molecule has 0 spiro atoms. The minimum absolute atomic E-state index is 0.0222. The average Bonchev–Trinajstić information content (AvgIpc) is 3.53. The van der Waals surface area contributed by atoms with Gasteiger partial charge in [-0.1, -0.05) is 42.1 Å². The van der Waals surface area contributed by atoms with Crippen LogP contribution in [0.15, 0.2) is 99.0 Å². The summed E-state index contributed by atoms with van der Waals surface area (Å²) in [5.74, 6) is -4.48. The summed E-state index contributed by atoms with van der Waals surface area (Å²) in [5, 5.41) is 18.7. The van der Waals surface area contributed by atoms with Crippen LogP contribution >= 0.6 is 11.8 Å². The molecule has 3 heterocycles. The van der Waals surface area contributed by atoms with Crippen molar-refractivity contribution < 1.29 is 32.9 Å². The number of hydrogen-bond acceptors (Lipinski definition) is 11. The van der Waals surface area contributed by atoms with Crippen molar-refractivity contribution in [2.24, 2.45) is 4.99 Å². The van der Waals surface area contributed by atoms with Crippen molar-refractivity contribution in [1.29, 1.82) is 5.26 Å². The van der Waals surface area contributed by atoms with Crippen LogP contribution in [0.5, 0.6) is 28.9 Å². The lowest BCUT2D eigenvalue weighted by atomic mass is 10.1. The number of aromatic amines is 1. The fraction of sp³-hybridized carbons (Fsp3) is 0.118. The highest BCUT2D eigenvalue weighted by Gasteiger charge is 2.25. The van der Waals surface area contributed by atoms with E-state index < -0.39 is 40.4 Å². The largest absolute Gasteiger partial charge is 0.485 e. The zero-order valence-corrected chi connectivity index (χ0v) is 26.3. The van der Waals surface area contributed by atoms with Gasteiger partial charge in [0.05, 0.1) is 29.9 Å². The molecule has 2 aromatic heterocycles. The summed E-state index contributed by atoms with van der Waals surface area (Å²) in [6, 6.07) is 20.3. The number of halogens is 2. The molecule has 12 nitrogen and oxygen atoms in total. The van der Waals surface area contributed by atoms with Gasteiger partial charge in [-0.15, -0.1) is 0 Å². The van der Waals surface area contributed by atoms with Gasteiger partial charge >= 0.3 is 5.97 Å². The van der Waals surface area contributed by atoms with Crippen LogP contribution in [0.4, 0.5) is 8.78 Å². The van der Waals surface area contributed by atoms with Crippen LogP contribution in [0.25, 0.3) is 0 Å². The van der Waals surface area contributed by atoms with Crippen LogP contribution in [0, 0.1) is 23.0 Å². The number of benzene rings is 3. The second-order valence-corrected chi connectivity index (χ2v) is 11.5. The van der Waals surface area contributed by atoms with Gasteiger partial charge in [-0.2, -0.15) is 9.65 Å². The summed E-state index contributed by atoms with van der Waals surface area (Å²) >= 11 is 1.03. The van der Waals surface area contributed by atoms with Gasteiger partial charge in [0.2, 0.25) is 11.6 Å². The number of pyridine rings is 1. The standard InChI is InChI=1S/C34H24F2N6O6S/c1-42-12-11-38-30(42)22-14-21(49-34-40-16-23(33(44)45)31(43)41-34)8-10-25(22)47-29-24(35)17-39-32(28(29)36)48-27-13-20(15-37)7-9-26(27)46-18-19-5-3-2-4-6-19/h2-10,13-14,16-17H,11-12,18H2,1H3,(H,44,45)(H,40,41,43). The van der Waals surface area contributed by atoms with E-state index >= 15 is 8.78 Å². The van der Waals surface area contributed by atoms with Crippen molar-refractivity contribution in [2.45, 2.75) is 16.7 Å². The van der Waals surface area contributed by atoms with Crippen molar-refractivity contribution in [1.82, 2.24) is 19.9 Å². The van der Waals surface area contributed by atoms with Gasteiger partial charge < -0.3 is 29.2 Å². The third kappa shape index (κ3) is 7.34. The van der Waals surface area contributed by atoms with E-state index in [0.29, 0.717) is 29.4 Å². The molecule has 0 fully saturated rings. The summed E-state index contributed by atoms with van der Waals surface area (Å²) in [4.78, 5) is 40.5. The molecule has 2 N–H and O–H groups in total. The molecule has 0 bridgehead atoms. The fourth-order valence-electron chi connectivity index (χ4n) is 4.68. The van der Waals surface area contributed by atoms with Gasteiger partial charge in [0, 0.05) is 30.8 Å². The van der Waals surface area contributed by atoms with Crippen molar-refractivity contribution in [2.75, 3.05) is 20.1 Å². The summed E-state index contributed by atoms with van der Waals surface area (Å²) in [6.45, 7) is 1.22. The molecule has 49 heavy (non-hydrogen) atoms. The number of hydrogen-bond donors (Lipinski definition) is 2. The smallest absolute Gasteiger partial charge is 0.342 e. The van der Waals surface area contributed by atoms with Gasteiger partial charge in [-0.05, 0) is 35.9 Å². The maximum Gasteiger partial charge on any atom is 0.342 e. The monoisotopic (exact) mass is 682 g/mol. The molecule has 15 heteroatoms. The lowest BCUT2D eigenvalue weighted by Crippen LogP contribution is -2.24. The number of aliphatic imine (C=N–C) groups is 1. The molecule has 0 saturated heterocycles. The molecule has 5 aromatic rings. The Balaban J connectivity index is 1.31. The third-order valence-electron chi connectivity index (χ3n) is 7.10. The minimum Gasteiger partial charge on any atom is -0.485 e. The summed E-state index contributed by atoms with van der Waals surface area (Å²) in [7, 11) is 1.80. The van der Waals surface area contributed by atoms with Crippen molar-refractivity contribution in [3.8, 4) is 34.9 Å². The predicted molar refractivity (Wildman–Crippen MR) is 173 cm³/mol. The lowest BCUT2D eigenvalue weighted by Gasteiger charge is -2.19. The van der Waals surface area contributed by atoms with E-state index in [1.165, 1.54) is 24.3 Å². The van der Waals surface area contributed by atoms with Crippen LogP contribution in [0.1, 0.15) is 27.0 Å². The van der Waals surface area contributed by atoms with E-state index in [-0.39, 0.29) is 34.6 Å². The molecule has 0 radical (unpaired) electrons. The van der Waals surface area contributed by atoms with Crippen LogP contribution < -0.4 is 19.8 Å². The van der Waals surface area contributed by atoms with Crippen LogP contribution in [0.3, 0.4) is 0 Å². The summed E-state index contributed by atoms with van der Waals surface area (Å²) in [6.07, 6.45) is 1.71. The Labute approximate surface area is 281 Å². The number of aromatic nitrogens is 3. The first-order valence-electron chi connectivity index (χ1n) is 14.5. The highest BCUT2D eigenvalue weighted by atomic mass is 32.2. The Kier molecular flexibility index (Phi) is 9.49. The Morgan fingerprint density at radius 2 is 1.84 bits per heavy atom. The number of carbonyl (C=O) groups is 1. The maximum atomic E-state index is 16.0. The predicted octanol–water partition coefficient (Wildman–Crippen LogP) is 6.02. The number of H-pyrrole nitrogens is 1. The van der Waals surface area contributed by atoms with Gasteiger partial charge in [0.25, 0.3) is 11.4 Å². The van der Waals surface area contributed by atoms with Gasteiger partial charge in [0.15, 0.2) is 22.5 Å². The van der Waals surface area contributed by atoms with Crippen molar-refractivity contribution in [3.05, 3.63) is 123 Å². The first-order valence-corrected chi connectivity index (χ1v) is 15.3. The molecule has 1 aliphatic heterocycles. The maximum absolute atomic E-state index is 16.0.